The number of hydrogen-bond donors (Lipinski definition) is 1. The van der Waals surface area contributed by atoms with Crippen molar-refractivity contribution in [3.05, 3.63) is 0 Å². The average molecular weight is 126 g/mol. The Balaban J connectivity index is 3.81. The third-order valence-electron chi connectivity index (χ3n) is 1.62. The second kappa shape index (κ2) is 3.47. The second-order valence-corrected chi connectivity index (χ2v) is 2.56. The van der Waals surface area contributed by atoms with Crippen molar-refractivity contribution in [3.8, 4) is 6.07 Å². The van der Waals surface area contributed by atoms with Gasteiger partial charge in [-0.05, 0) is 20.4 Å². The topological polar surface area (TPSA) is 35.8 Å². The van der Waals surface area contributed by atoms with Gasteiger partial charge in [0.05, 0.1) is 11.5 Å². The second-order valence-electron chi connectivity index (χ2n) is 2.56. The van der Waals surface area contributed by atoms with Crippen molar-refractivity contribution in [3.63, 3.8) is 0 Å². The quantitative estimate of drug-likeness (QED) is 0.615. The lowest BCUT2D eigenvalue weighted by atomic mass is 9.90. The zero-order valence-corrected chi connectivity index (χ0v) is 6.36. The highest BCUT2D eigenvalue weighted by atomic mass is 14.8. The molecule has 0 bridgehead atoms. The Bertz CT molecular complexity index is 115. The van der Waals surface area contributed by atoms with E-state index in [0.717, 1.165) is 13.0 Å². The molecule has 0 fully saturated rings. The Labute approximate surface area is 56.9 Å². The first-order valence-corrected chi connectivity index (χ1v) is 3.24. The molecule has 0 aromatic carbocycles. The lowest BCUT2D eigenvalue weighted by Crippen LogP contribution is -2.27. The van der Waals surface area contributed by atoms with Gasteiger partial charge in [0.2, 0.25) is 0 Å². The minimum Gasteiger partial charge on any atom is -0.318 e. The van der Waals surface area contributed by atoms with Gasteiger partial charge < -0.3 is 5.32 Å². The van der Waals surface area contributed by atoms with Gasteiger partial charge in [0.25, 0.3) is 0 Å². The summed E-state index contributed by atoms with van der Waals surface area (Å²) in [6.07, 6.45) is 0.907. The van der Waals surface area contributed by atoms with E-state index in [4.69, 9.17) is 5.26 Å². The van der Waals surface area contributed by atoms with Gasteiger partial charge in [0, 0.05) is 6.54 Å². The molecule has 0 rings (SSSR count). The van der Waals surface area contributed by atoms with Crippen molar-refractivity contribution < 1.29 is 0 Å². The number of rotatable bonds is 3. The predicted molar refractivity (Wildman–Crippen MR) is 37.9 cm³/mol. The Morgan fingerprint density at radius 3 is 2.33 bits per heavy atom. The summed E-state index contributed by atoms with van der Waals surface area (Å²) < 4.78 is 0. The summed E-state index contributed by atoms with van der Waals surface area (Å²) >= 11 is 0. The first kappa shape index (κ1) is 8.45. The zero-order valence-electron chi connectivity index (χ0n) is 6.36. The summed E-state index contributed by atoms with van der Waals surface area (Å²) in [5.74, 6) is 0. The molecule has 2 heteroatoms. The molecule has 0 aromatic heterocycles. The molecule has 0 spiro atoms. The molecule has 2 nitrogen and oxygen atoms in total. The van der Waals surface area contributed by atoms with Gasteiger partial charge in [-0.3, -0.25) is 0 Å². The van der Waals surface area contributed by atoms with Crippen LogP contribution in [0.3, 0.4) is 0 Å². The van der Waals surface area contributed by atoms with Crippen molar-refractivity contribution in [1.29, 1.82) is 5.26 Å². The molecule has 1 atom stereocenters. The number of hydrogen-bond acceptors (Lipinski definition) is 2. The Kier molecular flexibility index (Phi) is 3.26. The molecule has 52 valence electrons. The molecule has 0 radical (unpaired) electrons. The highest BCUT2D eigenvalue weighted by Gasteiger charge is 2.19. The summed E-state index contributed by atoms with van der Waals surface area (Å²) in [5, 5.41) is 11.6. The van der Waals surface area contributed by atoms with Crippen molar-refractivity contribution >= 4 is 0 Å². The maximum absolute atomic E-state index is 8.63. The first-order valence-electron chi connectivity index (χ1n) is 3.24. The van der Waals surface area contributed by atoms with E-state index < -0.39 is 0 Å². The van der Waals surface area contributed by atoms with Gasteiger partial charge in [-0.15, -0.1) is 0 Å². The molecular formula is C7H14N2. The largest absolute Gasteiger partial charge is 0.318 e. The van der Waals surface area contributed by atoms with Crippen LogP contribution in [-0.2, 0) is 0 Å². The lowest BCUT2D eigenvalue weighted by molar-refractivity contribution is 0.407. The minimum atomic E-state index is -0.172. The van der Waals surface area contributed by atoms with Crippen LogP contribution in [0.4, 0.5) is 0 Å². The molecular weight excluding hydrogens is 112 g/mol. The van der Waals surface area contributed by atoms with Crippen molar-refractivity contribution in [2.75, 3.05) is 13.6 Å². The molecule has 0 amide bonds. The normalized spacial score (nSPS) is 16.2. The average Bonchev–Trinajstić information content (AvgIpc) is 1.89. The highest BCUT2D eigenvalue weighted by Crippen LogP contribution is 2.17. The summed E-state index contributed by atoms with van der Waals surface area (Å²) in [4.78, 5) is 0. The van der Waals surface area contributed by atoms with Gasteiger partial charge >= 0.3 is 0 Å². The molecule has 9 heavy (non-hydrogen) atoms. The summed E-state index contributed by atoms with van der Waals surface area (Å²) in [5.41, 5.74) is -0.172. The number of nitrogens with one attached hydrogen (secondary N) is 1. The maximum Gasteiger partial charge on any atom is 0.0700 e. The molecule has 1 unspecified atom stereocenters. The predicted octanol–water partition coefficient (Wildman–Crippen LogP) is 1.15. The van der Waals surface area contributed by atoms with E-state index >= 15 is 0 Å². The van der Waals surface area contributed by atoms with Gasteiger partial charge in [-0.1, -0.05) is 6.92 Å². The van der Waals surface area contributed by atoms with E-state index in [2.05, 4.69) is 11.4 Å². The highest BCUT2D eigenvalue weighted by molar-refractivity contribution is 4.95. The van der Waals surface area contributed by atoms with Crippen LogP contribution >= 0.6 is 0 Å². The van der Waals surface area contributed by atoms with Gasteiger partial charge in [-0.2, -0.15) is 5.26 Å². The van der Waals surface area contributed by atoms with Gasteiger partial charge in [-0.25, -0.2) is 0 Å². The standard InChI is InChI=1S/C7H14N2/c1-4-7(2,5-8)6-9-3/h9H,4,6H2,1-3H3. The van der Waals surface area contributed by atoms with Crippen LogP contribution in [0.25, 0.3) is 0 Å². The number of nitrogens with zero attached hydrogens (tertiary/aromatic N) is 1. The van der Waals surface area contributed by atoms with Gasteiger partial charge in [0.15, 0.2) is 0 Å². The fourth-order valence-electron chi connectivity index (χ4n) is 0.634. The molecule has 0 aliphatic heterocycles. The molecule has 0 saturated carbocycles. The Morgan fingerprint density at radius 1 is 1.67 bits per heavy atom. The maximum atomic E-state index is 8.63. The van der Waals surface area contributed by atoms with E-state index in [1.165, 1.54) is 0 Å². The van der Waals surface area contributed by atoms with Gasteiger partial charge in [0.1, 0.15) is 0 Å². The minimum absolute atomic E-state index is 0.172. The van der Waals surface area contributed by atoms with Crippen LogP contribution < -0.4 is 5.32 Å². The monoisotopic (exact) mass is 126 g/mol. The lowest BCUT2D eigenvalue weighted by Gasteiger charge is -2.17. The van der Waals surface area contributed by atoms with Crippen molar-refractivity contribution in [2.24, 2.45) is 5.41 Å². The molecule has 0 saturated heterocycles. The Hall–Kier alpha value is -0.550. The van der Waals surface area contributed by atoms with Crippen LogP contribution in [0.15, 0.2) is 0 Å². The third kappa shape index (κ3) is 2.48. The van der Waals surface area contributed by atoms with E-state index in [-0.39, 0.29) is 5.41 Å². The summed E-state index contributed by atoms with van der Waals surface area (Å²) in [6.45, 7) is 4.77. The number of nitriles is 1. The van der Waals surface area contributed by atoms with Crippen LogP contribution in [-0.4, -0.2) is 13.6 Å². The van der Waals surface area contributed by atoms with E-state index in [1.54, 1.807) is 0 Å². The van der Waals surface area contributed by atoms with Crippen molar-refractivity contribution in [1.82, 2.24) is 5.32 Å². The van der Waals surface area contributed by atoms with E-state index in [1.807, 2.05) is 20.9 Å². The van der Waals surface area contributed by atoms with Crippen molar-refractivity contribution in [2.45, 2.75) is 20.3 Å². The summed E-state index contributed by atoms with van der Waals surface area (Å²) in [7, 11) is 1.87. The first-order chi connectivity index (χ1) is 4.18. The molecule has 1 N–H and O–H groups in total. The molecule has 0 aliphatic carbocycles. The SMILES string of the molecule is CCC(C)(C#N)CNC. The Morgan fingerprint density at radius 2 is 2.22 bits per heavy atom. The van der Waals surface area contributed by atoms with Crippen LogP contribution in [0.2, 0.25) is 0 Å². The summed E-state index contributed by atoms with van der Waals surface area (Å²) in [6, 6.07) is 2.27. The van der Waals surface area contributed by atoms with Crippen LogP contribution in [0.1, 0.15) is 20.3 Å². The zero-order chi connectivity index (χ0) is 7.33. The molecule has 0 aliphatic rings. The van der Waals surface area contributed by atoms with Crippen LogP contribution in [0.5, 0.6) is 0 Å². The molecule has 0 aromatic rings. The third-order valence-corrected chi connectivity index (χ3v) is 1.62. The molecule has 0 heterocycles. The van der Waals surface area contributed by atoms with E-state index in [9.17, 15) is 0 Å². The van der Waals surface area contributed by atoms with Crippen LogP contribution in [0, 0.1) is 16.7 Å². The smallest absolute Gasteiger partial charge is 0.0700 e. The van der Waals surface area contributed by atoms with E-state index in [0.29, 0.717) is 0 Å². The fraction of sp³-hybridized carbons (Fsp3) is 0.857. The fourth-order valence-corrected chi connectivity index (χ4v) is 0.634.